The molecule has 0 amide bonds. The smallest absolute Gasteiger partial charge is 0.309 e. The molecule has 0 aromatic carbocycles. The van der Waals surface area contributed by atoms with Crippen molar-refractivity contribution in [3.8, 4) is 0 Å². The Morgan fingerprint density at radius 1 is 0.759 bits per heavy atom. The lowest BCUT2D eigenvalue weighted by Gasteiger charge is -2.29. The minimum absolute atomic E-state index is 0.0232. The third-order valence-corrected chi connectivity index (χ3v) is 4.88. The highest BCUT2D eigenvalue weighted by molar-refractivity contribution is 5.76. The largest absolute Gasteiger partial charge is 0.481 e. The Hall–Kier alpha value is -1.30. The lowest BCUT2D eigenvalue weighted by Crippen LogP contribution is -2.35. The summed E-state index contributed by atoms with van der Waals surface area (Å²) in [5.41, 5.74) is -1.20. The highest BCUT2D eigenvalue weighted by Crippen LogP contribution is 2.33. The second kappa shape index (κ2) is 13.1. The van der Waals surface area contributed by atoms with Crippen LogP contribution in [0.1, 0.15) is 25.7 Å². The van der Waals surface area contributed by atoms with Crippen LogP contribution in [-0.2, 0) is 38.0 Å². The Morgan fingerprint density at radius 2 is 1.21 bits per heavy atom. The van der Waals surface area contributed by atoms with Crippen LogP contribution in [-0.4, -0.2) is 100 Å². The molecular weight excluding hydrogens is 388 g/mol. The molecule has 10 heteroatoms. The molecule has 2 aliphatic heterocycles. The van der Waals surface area contributed by atoms with Crippen molar-refractivity contribution in [2.24, 2.45) is 5.41 Å². The van der Waals surface area contributed by atoms with Gasteiger partial charge < -0.3 is 38.6 Å². The zero-order valence-corrected chi connectivity index (χ0v) is 16.7. The summed E-state index contributed by atoms with van der Waals surface area (Å²) in [6.45, 7) is 4.46. The van der Waals surface area contributed by atoms with Gasteiger partial charge in [-0.2, -0.15) is 0 Å². The van der Waals surface area contributed by atoms with Crippen molar-refractivity contribution < 1.29 is 48.2 Å². The van der Waals surface area contributed by atoms with Gasteiger partial charge in [0.15, 0.2) is 0 Å². The van der Waals surface area contributed by atoms with Crippen molar-refractivity contribution in [3.63, 3.8) is 0 Å². The van der Waals surface area contributed by atoms with Crippen molar-refractivity contribution in [2.75, 3.05) is 66.1 Å². The molecule has 2 atom stereocenters. The van der Waals surface area contributed by atoms with E-state index < -0.39 is 17.4 Å². The van der Waals surface area contributed by atoms with Gasteiger partial charge in [0.05, 0.1) is 58.3 Å². The van der Waals surface area contributed by atoms with Gasteiger partial charge >= 0.3 is 11.9 Å². The number of hydrogen-bond acceptors (Lipinski definition) is 8. The molecule has 2 N–H and O–H groups in total. The quantitative estimate of drug-likeness (QED) is 0.212. The lowest BCUT2D eigenvalue weighted by atomic mass is 9.77. The van der Waals surface area contributed by atoms with Crippen LogP contribution >= 0.6 is 0 Å². The van der Waals surface area contributed by atoms with Crippen LogP contribution in [0.3, 0.4) is 0 Å². The van der Waals surface area contributed by atoms with E-state index in [1.54, 1.807) is 0 Å². The fraction of sp³-hybridized carbons (Fsp3) is 0.895. The Kier molecular flexibility index (Phi) is 10.8. The average molecular weight is 420 g/mol. The summed E-state index contributed by atoms with van der Waals surface area (Å²) in [6, 6.07) is 0. The van der Waals surface area contributed by atoms with E-state index >= 15 is 0 Å². The molecule has 0 spiro atoms. The molecule has 0 aliphatic carbocycles. The van der Waals surface area contributed by atoms with E-state index in [0.717, 1.165) is 13.2 Å². The molecule has 0 radical (unpaired) electrons. The van der Waals surface area contributed by atoms with Gasteiger partial charge in [-0.3, -0.25) is 9.59 Å². The third kappa shape index (κ3) is 10.9. The number of carboxylic acids is 2. The zero-order valence-electron chi connectivity index (χ0n) is 16.7. The van der Waals surface area contributed by atoms with Gasteiger partial charge in [0.1, 0.15) is 12.2 Å². The Labute approximate surface area is 170 Å². The summed E-state index contributed by atoms with van der Waals surface area (Å²) < 4.78 is 31.8. The van der Waals surface area contributed by atoms with Gasteiger partial charge in [-0.05, 0) is 19.3 Å². The molecule has 29 heavy (non-hydrogen) atoms. The van der Waals surface area contributed by atoms with Gasteiger partial charge in [0.25, 0.3) is 0 Å². The maximum absolute atomic E-state index is 11.9. The van der Waals surface area contributed by atoms with Crippen molar-refractivity contribution in [2.45, 2.75) is 37.9 Å². The number of ether oxygens (including phenoxy) is 6. The molecule has 2 rings (SSSR count). The molecule has 2 fully saturated rings. The monoisotopic (exact) mass is 420 g/mol. The first kappa shape index (κ1) is 24.0. The molecule has 10 nitrogen and oxygen atoms in total. The molecule has 2 aliphatic rings. The van der Waals surface area contributed by atoms with Crippen LogP contribution in [0, 0.1) is 5.41 Å². The Balaban J connectivity index is 1.65. The summed E-state index contributed by atoms with van der Waals surface area (Å²) in [7, 11) is 0. The van der Waals surface area contributed by atoms with Crippen molar-refractivity contribution in [3.05, 3.63) is 0 Å². The lowest BCUT2D eigenvalue weighted by molar-refractivity contribution is -0.153. The predicted octanol–water partition coefficient (Wildman–Crippen LogP) is 0.566. The van der Waals surface area contributed by atoms with E-state index in [0.29, 0.717) is 39.6 Å². The number of aliphatic carboxylic acids is 2. The van der Waals surface area contributed by atoms with E-state index in [4.69, 9.17) is 33.5 Å². The number of rotatable bonds is 20. The molecule has 0 bridgehead atoms. The minimum Gasteiger partial charge on any atom is -0.481 e. The van der Waals surface area contributed by atoms with Crippen molar-refractivity contribution in [1.29, 1.82) is 0 Å². The predicted molar refractivity (Wildman–Crippen MR) is 98.9 cm³/mol. The first-order valence-corrected chi connectivity index (χ1v) is 10.0. The van der Waals surface area contributed by atoms with Crippen LogP contribution in [0.4, 0.5) is 0 Å². The first-order chi connectivity index (χ1) is 14.0. The number of hydrogen-bond donors (Lipinski definition) is 2. The van der Waals surface area contributed by atoms with E-state index in [2.05, 4.69) is 0 Å². The maximum Gasteiger partial charge on any atom is 0.309 e. The average Bonchev–Trinajstić information content (AvgIpc) is 3.58. The van der Waals surface area contributed by atoms with Crippen LogP contribution in [0.25, 0.3) is 0 Å². The van der Waals surface area contributed by atoms with Gasteiger partial charge in [0.2, 0.25) is 0 Å². The summed E-state index contributed by atoms with van der Waals surface area (Å²) in [5, 5.41) is 18.8. The van der Waals surface area contributed by atoms with Crippen LogP contribution < -0.4 is 0 Å². The van der Waals surface area contributed by atoms with Gasteiger partial charge in [-0.25, -0.2) is 0 Å². The zero-order chi connectivity index (χ0) is 21.0. The molecule has 0 aromatic heterocycles. The van der Waals surface area contributed by atoms with Gasteiger partial charge in [-0.15, -0.1) is 0 Å². The van der Waals surface area contributed by atoms with Crippen LogP contribution in [0.2, 0.25) is 0 Å². The second-order valence-electron chi connectivity index (χ2n) is 7.26. The Morgan fingerprint density at radius 3 is 1.59 bits per heavy atom. The highest BCUT2D eigenvalue weighted by atomic mass is 16.6. The second-order valence-corrected chi connectivity index (χ2v) is 7.26. The summed E-state index contributed by atoms with van der Waals surface area (Å²) in [6.07, 6.45) is 0.605. The fourth-order valence-corrected chi connectivity index (χ4v) is 2.78. The summed E-state index contributed by atoms with van der Waals surface area (Å²) >= 11 is 0. The van der Waals surface area contributed by atoms with Crippen molar-refractivity contribution >= 4 is 11.9 Å². The van der Waals surface area contributed by atoms with Gasteiger partial charge in [-0.1, -0.05) is 0 Å². The Bertz CT molecular complexity index is 463. The fourth-order valence-electron chi connectivity index (χ4n) is 2.78. The van der Waals surface area contributed by atoms with E-state index in [1.165, 1.54) is 0 Å². The van der Waals surface area contributed by atoms with E-state index in [1.807, 2.05) is 0 Å². The number of epoxide rings is 2. The standard InChI is InChI=1S/C19H32O10/c20-17(21)1-2-19(18(22)23,3-5-24-7-9-26-11-15-13-28-15)4-6-25-8-10-27-12-16-14-29-16/h15-16H,1-14H2,(H,20,21)(H,22,23). The number of carboxylic acid groups (broad SMARTS) is 2. The highest BCUT2D eigenvalue weighted by Gasteiger charge is 2.38. The SMILES string of the molecule is O=C(O)CCC(CCOCCOCC1CO1)(CCOCCOCC1CO1)C(=O)O. The van der Waals surface area contributed by atoms with Crippen LogP contribution in [0.5, 0.6) is 0 Å². The van der Waals surface area contributed by atoms with Crippen LogP contribution in [0.15, 0.2) is 0 Å². The first-order valence-electron chi connectivity index (χ1n) is 10.0. The summed E-state index contributed by atoms with van der Waals surface area (Å²) in [4.78, 5) is 22.9. The minimum atomic E-state index is -1.20. The molecule has 2 saturated heterocycles. The maximum atomic E-state index is 11.9. The summed E-state index contributed by atoms with van der Waals surface area (Å²) in [5.74, 6) is -2.06. The molecule has 168 valence electrons. The number of carbonyl (C=O) groups is 2. The molecular formula is C19H32O10. The van der Waals surface area contributed by atoms with E-state index in [-0.39, 0.29) is 51.1 Å². The third-order valence-electron chi connectivity index (χ3n) is 4.88. The van der Waals surface area contributed by atoms with E-state index in [9.17, 15) is 14.7 Å². The molecule has 0 aromatic rings. The molecule has 0 saturated carbocycles. The van der Waals surface area contributed by atoms with Crippen molar-refractivity contribution in [1.82, 2.24) is 0 Å². The van der Waals surface area contributed by atoms with Gasteiger partial charge in [0, 0.05) is 19.6 Å². The normalized spacial score (nSPS) is 22.2. The molecule has 2 unspecified atom stereocenters. The molecule has 2 heterocycles. The topological polar surface area (TPSA) is 137 Å².